The average molecular weight is 491 g/mol. The fourth-order valence-electron chi connectivity index (χ4n) is 3.90. The summed E-state index contributed by atoms with van der Waals surface area (Å²) in [6, 6.07) is 10.1. The molecule has 0 aliphatic carbocycles. The predicted octanol–water partition coefficient (Wildman–Crippen LogP) is 5.88. The van der Waals surface area contributed by atoms with E-state index in [1.54, 1.807) is 19.1 Å². The first-order valence-corrected chi connectivity index (χ1v) is 12.1. The van der Waals surface area contributed by atoms with Crippen LogP contribution in [0.1, 0.15) is 69.9 Å². The van der Waals surface area contributed by atoms with E-state index in [9.17, 15) is 23.5 Å². The molecule has 0 saturated heterocycles. The first kappa shape index (κ1) is 28.1. The summed E-state index contributed by atoms with van der Waals surface area (Å²) < 4.78 is 33.4. The van der Waals surface area contributed by atoms with Crippen LogP contribution in [0, 0.1) is 11.6 Å². The van der Waals surface area contributed by atoms with Crippen molar-refractivity contribution in [2.75, 3.05) is 13.1 Å². The van der Waals surface area contributed by atoms with Crippen molar-refractivity contribution in [2.24, 2.45) is 5.73 Å². The number of unbranched alkanes of at least 4 members (excludes halogenated alkanes) is 1. The number of rotatable bonds is 14. The van der Waals surface area contributed by atoms with E-state index in [0.29, 0.717) is 43.7 Å². The molecule has 0 bridgehead atoms. The Balaban J connectivity index is 2.01. The lowest BCUT2D eigenvalue weighted by Gasteiger charge is -2.25. The van der Waals surface area contributed by atoms with Crippen molar-refractivity contribution in [3.8, 4) is 5.75 Å². The molecule has 0 heterocycles. The highest BCUT2D eigenvalue weighted by molar-refractivity contribution is 5.77. The molecule has 6 nitrogen and oxygen atoms in total. The molecule has 0 aliphatic heterocycles. The summed E-state index contributed by atoms with van der Waals surface area (Å²) in [5.74, 6) is -1.90. The molecule has 8 heteroatoms. The number of primary amides is 1. The standard InChI is InChI=1S/C27H36F2N2O4/c1-4-6-7-20(23-13-10-21(28)18-24(23)29)15-17-31(26(30)34)16-14-19-8-11-22(12-9-19)35-27(3,5-2)25(32)33/h8-13,18,20H,4-7,14-17H2,1-3H3,(H2,30,34)(H,32,33). The summed E-state index contributed by atoms with van der Waals surface area (Å²) >= 11 is 0. The molecule has 2 aromatic carbocycles. The van der Waals surface area contributed by atoms with Crippen LogP contribution in [0.4, 0.5) is 13.6 Å². The smallest absolute Gasteiger partial charge is 0.347 e. The fraction of sp³-hybridized carbons (Fsp3) is 0.481. The van der Waals surface area contributed by atoms with Crippen LogP contribution < -0.4 is 10.5 Å². The third-order valence-corrected chi connectivity index (χ3v) is 6.43. The van der Waals surface area contributed by atoms with Crippen LogP contribution >= 0.6 is 0 Å². The minimum Gasteiger partial charge on any atom is -0.478 e. The number of carbonyl (C=O) groups is 2. The molecule has 2 aromatic rings. The van der Waals surface area contributed by atoms with Gasteiger partial charge < -0.3 is 20.5 Å². The van der Waals surface area contributed by atoms with Gasteiger partial charge in [0.1, 0.15) is 17.4 Å². The zero-order valence-electron chi connectivity index (χ0n) is 20.7. The van der Waals surface area contributed by atoms with Gasteiger partial charge in [0, 0.05) is 19.2 Å². The van der Waals surface area contributed by atoms with Gasteiger partial charge in [-0.05, 0) is 67.9 Å². The van der Waals surface area contributed by atoms with Gasteiger partial charge in [-0.3, -0.25) is 0 Å². The van der Waals surface area contributed by atoms with Gasteiger partial charge in [0.25, 0.3) is 0 Å². The minimum absolute atomic E-state index is 0.143. The number of carbonyl (C=O) groups excluding carboxylic acids is 1. The van der Waals surface area contributed by atoms with E-state index in [1.807, 2.05) is 12.1 Å². The summed E-state index contributed by atoms with van der Waals surface area (Å²) in [5.41, 5.74) is 5.69. The quantitative estimate of drug-likeness (QED) is 0.346. The Hall–Kier alpha value is -3.16. The molecule has 0 saturated carbocycles. The number of halogens is 2. The Morgan fingerprint density at radius 1 is 1.09 bits per heavy atom. The Morgan fingerprint density at radius 3 is 2.31 bits per heavy atom. The topological polar surface area (TPSA) is 92.9 Å². The lowest BCUT2D eigenvalue weighted by Crippen LogP contribution is -2.40. The van der Waals surface area contributed by atoms with Gasteiger partial charge in [-0.25, -0.2) is 18.4 Å². The fourth-order valence-corrected chi connectivity index (χ4v) is 3.90. The van der Waals surface area contributed by atoms with Gasteiger partial charge in [0.05, 0.1) is 0 Å². The van der Waals surface area contributed by atoms with E-state index in [-0.39, 0.29) is 5.92 Å². The van der Waals surface area contributed by atoms with Gasteiger partial charge in [0.15, 0.2) is 0 Å². The molecular weight excluding hydrogens is 454 g/mol. The Morgan fingerprint density at radius 2 is 1.77 bits per heavy atom. The third kappa shape index (κ3) is 8.23. The van der Waals surface area contributed by atoms with Crippen LogP contribution in [0.3, 0.4) is 0 Å². The van der Waals surface area contributed by atoms with Gasteiger partial charge >= 0.3 is 12.0 Å². The molecular formula is C27H36F2N2O4. The molecule has 0 radical (unpaired) electrons. The number of carboxylic acids is 1. The van der Waals surface area contributed by atoms with Gasteiger partial charge in [-0.1, -0.05) is 44.9 Å². The maximum absolute atomic E-state index is 14.4. The molecule has 2 atom stereocenters. The van der Waals surface area contributed by atoms with E-state index in [1.165, 1.54) is 24.0 Å². The van der Waals surface area contributed by atoms with Crippen molar-refractivity contribution in [1.29, 1.82) is 0 Å². The van der Waals surface area contributed by atoms with E-state index < -0.39 is 29.2 Å². The SMILES string of the molecule is CCCCC(CCN(CCc1ccc(OC(C)(CC)C(=O)O)cc1)C(N)=O)c1ccc(F)cc1F. The molecule has 3 N–H and O–H groups in total. The Labute approximate surface area is 206 Å². The second-order valence-electron chi connectivity index (χ2n) is 9.00. The summed E-state index contributed by atoms with van der Waals surface area (Å²) in [6.07, 6.45) is 3.95. The average Bonchev–Trinajstić information content (AvgIpc) is 2.82. The maximum Gasteiger partial charge on any atom is 0.347 e. The van der Waals surface area contributed by atoms with E-state index in [4.69, 9.17) is 10.5 Å². The summed E-state index contributed by atoms with van der Waals surface area (Å²) in [5, 5.41) is 9.37. The second kappa shape index (κ2) is 13.1. The molecule has 0 aliphatic rings. The van der Waals surface area contributed by atoms with Crippen LogP contribution in [0.5, 0.6) is 5.75 Å². The predicted molar refractivity (Wildman–Crippen MR) is 132 cm³/mol. The number of amides is 2. The number of carboxylic acid groups (broad SMARTS) is 1. The zero-order valence-corrected chi connectivity index (χ0v) is 20.7. The number of aliphatic carboxylic acids is 1. The third-order valence-electron chi connectivity index (χ3n) is 6.43. The summed E-state index contributed by atoms with van der Waals surface area (Å²) in [6.45, 7) is 6.06. The number of nitrogens with two attached hydrogens (primary N) is 1. The maximum atomic E-state index is 14.4. The summed E-state index contributed by atoms with van der Waals surface area (Å²) in [7, 11) is 0. The highest BCUT2D eigenvalue weighted by Gasteiger charge is 2.33. The number of ether oxygens (including phenoxy) is 1. The van der Waals surface area contributed by atoms with Gasteiger partial charge in [-0.2, -0.15) is 0 Å². The van der Waals surface area contributed by atoms with Crippen molar-refractivity contribution in [3.63, 3.8) is 0 Å². The van der Waals surface area contributed by atoms with Crippen molar-refractivity contribution >= 4 is 12.0 Å². The molecule has 2 rings (SSSR count). The van der Waals surface area contributed by atoms with E-state index in [2.05, 4.69) is 6.92 Å². The van der Waals surface area contributed by atoms with Crippen molar-refractivity contribution in [2.45, 2.75) is 70.8 Å². The monoisotopic (exact) mass is 490 g/mol. The number of benzene rings is 2. The largest absolute Gasteiger partial charge is 0.478 e. The first-order chi connectivity index (χ1) is 16.6. The van der Waals surface area contributed by atoms with Crippen LogP contribution in [0.15, 0.2) is 42.5 Å². The van der Waals surface area contributed by atoms with Gasteiger partial charge in [0.2, 0.25) is 5.60 Å². The molecule has 2 unspecified atom stereocenters. The molecule has 192 valence electrons. The minimum atomic E-state index is -1.30. The van der Waals surface area contributed by atoms with Crippen molar-refractivity contribution in [3.05, 3.63) is 65.2 Å². The number of hydrogen-bond acceptors (Lipinski definition) is 3. The summed E-state index contributed by atoms with van der Waals surface area (Å²) in [4.78, 5) is 25.0. The Bertz CT molecular complexity index is 984. The molecule has 0 fully saturated rings. The van der Waals surface area contributed by atoms with Crippen LogP contribution in [-0.4, -0.2) is 40.7 Å². The van der Waals surface area contributed by atoms with Crippen LogP contribution in [0.25, 0.3) is 0 Å². The number of hydrogen-bond donors (Lipinski definition) is 2. The Kier molecular flexibility index (Phi) is 10.5. The number of urea groups is 1. The van der Waals surface area contributed by atoms with Gasteiger partial charge in [-0.15, -0.1) is 0 Å². The van der Waals surface area contributed by atoms with E-state index >= 15 is 0 Å². The lowest BCUT2D eigenvalue weighted by molar-refractivity contribution is -0.154. The highest BCUT2D eigenvalue weighted by atomic mass is 19.1. The van der Waals surface area contributed by atoms with Crippen LogP contribution in [0.2, 0.25) is 0 Å². The number of nitrogens with zero attached hydrogens (tertiary/aromatic N) is 1. The molecule has 35 heavy (non-hydrogen) atoms. The highest BCUT2D eigenvalue weighted by Crippen LogP contribution is 2.29. The molecule has 0 aromatic heterocycles. The molecule has 2 amide bonds. The van der Waals surface area contributed by atoms with Crippen molar-refractivity contribution in [1.82, 2.24) is 4.90 Å². The van der Waals surface area contributed by atoms with Crippen LogP contribution in [-0.2, 0) is 11.2 Å². The normalized spacial score (nSPS) is 13.6. The second-order valence-corrected chi connectivity index (χ2v) is 9.00. The van der Waals surface area contributed by atoms with Crippen molar-refractivity contribution < 1.29 is 28.2 Å². The lowest BCUT2D eigenvalue weighted by atomic mass is 9.90. The first-order valence-electron chi connectivity index (χ1n) is 12.1. The van der Waals surface area contributed by atoms with E-state index in [0.717, 1.165) is 30.9 Å². The zero-order chi connectivity index (χ0) is 26.0. The molecule has 0 spiro atoms.